The van der Waals surface area contributed by atoms with Crippen LogP contribution in [0.4, 0.5) is 5.69 Å². The van der Waals surface area contributed by atoms with E-state index in [-0.39, 0.29) is 41.3 Å². The topological polar surface area (TPSA) is 124 Å². The predicted molar refractivity (Wildman–Crippen MR) is 343 cm³/mol. The molecule has 1 saturated carbocycles. The van der Waals surface area contributed by atoms with Gasteiger partial charge >= 0.3 is 5.97 Å². The zero-order valence-electron chi connectivity index (χ0n) is 55.4. The number of ether oxygens (including phenoxy) is 5. The van der Waals surface area contributed by atoms with Crippen LogP contribution in [0.5, 0.6) is 0 Å². The fourth-order valence-electron chi connectivity index (χ4n) is 16.5. The Morgan fingerprint density at radius 2 is 1.74 bits per heavy atom. The third-order valence-electron chi connectivity index (χ3n) is 21.8. The smallest absolute Gasteiger partial charge is 0.302 e. The number of fused-ring (bicyclic) bond motifs is 2. The van der Waals surface area contributed by atoms with E-state index in [1.807, 2.05) is 12.1 Å². The molecule has 1 spiro atoms. The van der Waals surface area contributed by atoms with Crippen LogP contribution >= 0.6 is 0 Å². The van der Waals surface area contributed by atoms with Crippen molar-refractivity contribution in [2.24, 2.45) is 34.5 Å². The van der Waals surface area contributed by atoms with E-state index in [1.165, 1.54) is 64.6 Å². The Labute approximate surface area is 514 Å². The highest BCUT2D eigenvalue weighted by atomic mass is 16.5. The molecule has 85 heavy (non-hydrogen) atoms. The summed E-state index contributed by atoms with van der Waals surface area (Å²) in [4.78, 5) is 40.8. The molecule has 0 radical (unpaired) electrons. The minimum absolute atomic E-state index is 0.0999. The summed E-state index contributed by atoms with van der Waals surface area (Å²) in [6, 6.07) is 9.06. The Bertz CT molecular complexity index is 2460. The standard InChI is InChI=1S/C70H116N8O7/c1-14-58-60-26-25-55(35-61(60)63(38-69(9,10)45-85-52(8)79)65(58)62-34-53(41-73(11)67(62)51(7)82-13)22-20-29-75(48(3)4)32-33-81-12)74(15-2)28-18-16-24-59(54-36-70(37-54)46-84-47-70)66(68(80)78-31-19-17-27-72-78)71-39-64-50(6)49(5)40-76(57-43-83-44-57)42-56-23-21-30-77(56)64/h25-26,34-35,48-51,54,56-59,64,66,71-72H,14-24,27-33,36-47H2,1-13H3/t49?,50?,51-,56-,58?,59?,64+,66-/m0/s1. The van der Waals surface area contributed by atoms with Crippen molar-refractivity contribution in [2.75, 3.05) is 138 Å². The van der Waals surface area contributed by atoms with Gasteiger partial charge in [-0.05, 0) is 176 Å². The number of allylic oxidation sites excluding steroid dienone is 4. The Morgan fingerprint density at radius 3 is 2.39 bits per heavy atom. The van der Waals surface area contributed by atoms with Crippen LogP contribution in [0.3, 0.4) is 0 Å². The summed E-state index contributed by atoms with van der Waals surface area (Å²) in [5, 5.41) is 6.19. The van der Waals surface area contributed by atoms with E-state index in [9.17, 15) is 4.79 Å². The Hall–Kier alpha value is -3.38. The van der Waals surface area contributed by atoms with Crippen molar-refractivity contribution in [1.29, 1.82) is 0 Å². The highest BCUT2D eigenvalue weighted by molar-refractivity contribution is 5.86. The molecule has 15 heteroatoms. The van der Waals surface area contributed by atoms with Gasteiger partial charge in [0, 0.05) is 133 Å². The molecule has 9 rings (SSSR count). The molecule has 1 amide bonds. The number of unbranched alkanes of at least 4 members (excludes halogenated alkanes) is 1. The minimum atomic E-state index is -0.314. The lowest BCUT2D eigenvalue weighted by Crippen LogP contribution is -2.64. The van der Waals surface area contributed by atoms with E-state index in [0.29, 0.717) is 53.9 Å². The molecular weight excluding hydrogens is 1060 g/mol. The van der Waals surface area contributed by atoms with Crippen molar-refractivity contribution in [1.82, 2.24) is 35.4 Å². The molecule has 1 aromatic rings. The van der Waals surface area contributed by atoms with E-state index in [2.05, 4.69) is 129 Å². The van der Waals surface area contributed by atoms with Crippen molar-refractivity contribution < 1.29 is 33.3 Å². The van der Waals surface area contributed by atoms with Gasteiger partial charge in [0.05, 0.1) is 63.5 Å². The third kappa shape index (κ3) is 15.6. The normalized spacial score (nSPS) is 26.2. The fraction of sp³-hybridized carbons (Fsp3) is 0.800. The SMILES string of the molecule is CCC1C(C2=C([C@H](C)OC)N(C)CC(CCCN(CCOC)C(C)C)=C2)=C(CC(C)(C)COC(C)=O)c2cc(N(CC)CCCCC(C3CC4(COC4)C3)[C@H](NC[C@@H]3C(C)C(C)CN(C4COC4)C[C@@H]4CCCN43)C(=O)N3CCCCN3)ccc21. The number of hydrazine groups is 1. The maximum absolute atomic E-state index is 15.3. The lowest BCUT2D eigenvalue weighted by Gasteiger charge is -2.56. The van der Waals surface area contributed by atoms with Gasteiger partial charge in [0.1, 0.15) is 0 Å². The first-order valence-corrected chi connectivity index (χ1v) is 34.0. The fourth-order valence-corrected chi connectivity index (χ4v) is 16.5. The van der Waals surface area contributed by atoms with Gasteiger partial charge in [-0.3, -0.25) is 29.3 Å². The summed E-state index contributed by atoms with van der Waals surface area (Å²) in [7, 11) is 5.88. The molecule has 2 aliphatic carbocycles. The number of hydrogen-bond acceptors (Lipinski definition) is 14. The molecule has 8 atom stereocenters. The number of carbonyl (C=O) groups is 2. The van der Waals surface area contributed by atoms with Gasteiger partial charge in [-0.25, -0.2) is 5.43 Å². The monoisotopic (exact) mass is 1180 g/mol. The number of benzene rings is 1. The van der Waals surface area contributed by atoms with E-state index in [1.54, 1.807) is 7.11 Å². The molecule has 5 saturated heterocycles. The zero-order valence-corrected chi connectivity index (χ0v) is 55.4. The number of carbonyl (C=O) groups excluding carboxylic acids is 2. The van der Waals surface area contributed by atoms with E-state index < -0.39 is 0 Å². The average Bonchev–Trinajstić information content (AvgIpc) is 1.81. The first-order chi connectivity index (χ1) is 40.9. The van der Waals surface area contributed by atoms with Crippen LogP contribution in [-0.4, -0.2) is 206 Å². The number of esters is 1. The highest BCUT2D eigenvalue weighted by Crippen LogP contribution is 2.56. The molecule has 1 aromatic carbocycles. The molecule has 6 heterocycles. The number of likely N-dealkylation sites (N-methyl/N-ethyl adjacent to an activating group) is 1. The van der Waals surface area contributed by atoms with Crippen LogP contribution in [0.15, 0.2) is 46.7 Å². The second kappa shape index (κ2) is 30.0. The lowest BCUT2D eigenvalue weighted by atomic mass is 9.55. The molecule has 0 aromatic heterocycles. The summed E-state index contributed by atoms with van der Waals surface area (Å²) in [6.45, 7) is 37.5. The minimum Gasteiger partial charge on any atom is -0.465 e. The second-order valence-corrected chi connectivity index (χ2v) is 28.8. The van der Waals surface area contributed by atoms with E-state index in [4.69, 9.17) is 23.7 Å². The Morgan fingerprint density at radius 1 is 0.953 bits per heavy atom. The lowest BCUT2D eigenvalue weighted by molar-refractivity contribution is -0.191. The molecule has 15 nitrogen and oxygen atoms in total. The third-order valence-corrected chi connectivity index (χ3v) is 21.8. The van der Waals surface area contributed by atoms with Crippen LogP contribution in [0.1, 0.15) is 170 Å². The summed E-state index contributed by atoms with van der Waals surface area (Å²) in [6.07, 6.45) is 16.4. The van der Waals surface area contributed by atoms with Gasteiger partial charge in [0.2, 0.25) is 0 Å². The molecule has 478 valence electrons. The van der Waals surface area contributed by atoms with Crippen LogP contribution < -0.4 is 15.6 Å². The number of nitrogens with one attached hydrogen (secondary N) is 2. The van der Waals surface area contributed by atoms with Crippen LogP contribution in [0.2, 0.25) is 0 Å². The van der Waals surface area contributed by atoms with Crippen molar-refractivity contribution in [3.8, 4) is 0 Å². The quantitative estimate of drug-likeness (QED) is 0.0561. The Balaban J connectivity index is 0.976. The van der Waals surface area contributed by atoms with Gasteiger partial charge in [-0.2, -0.15) is 0 Å². The molecule has 6 aliphatic heterocycles. The summed E-state index contributed by atoms with van der Waals surface area (Å²) < 4.78 is 29.1. The average molecular weight is 1180 g/mol. The summed E-state index contributed by atoms with van der Waals surface area (Å²) in [5.74, 6) is 2.01. The maximum Gasteiger partial charge on any atom is 0.302 e. The molecule has 6 fully saturated rings. The van der Waals surface area contributed by atoms with Gasteiger partial charge < -0.3 is 38.8 Å². The van der Waals surface area contributed by atoms with Crippen molar-refractivity contribution in [2.45, 2.75) is 195 Å². The van der Waals surface area contributed by atoms with Crippen LogP contribution in [-0.2, 0) is 33.3 Å². The summed E-state index contributed by atoms with van der Waals surface area (Å²) >= 11 is 0. The maximum atomic E-state index is 15.3. The number of nitrogens with zero attached hydrogens (tertiary/aromatic N) is 6. The van der Waals surface area contributed by atoms with Gasteiger partial charge in [0.15, 0.2) is 0 Å². The van der Waals surface area contributed by atoms with Gasteiger partial charge in [0.25, 0.3) is 5.91 Å². The Kier molecular flexibility index (Phi) is 23.3. The van der Waals surface area contributed by atoms with E-state index in [0.717, 1.165) is 176 Å². The number of methoxy groups -OCH3 is 2. The second-order valence-electron chi connectivity index (χ2n) is 28.8. The van der Waals surface area contributed by atoms with Crippen LogP contribution in [0, 0.1) is 34.5 Å². The number of anilines is 1. The van der Waals surface area contributed by atoms with Gasteiger partial charge in [-0.1, -0.05) is 58.8 Å². The van der Waals surface area contributed by atoms with Crippen LogP contribution in [0.25, 0.3) is 5.57 Å². The van der Waals surface area contributed by atoms with Crippen molar-refractivity contribution in [3.63, 3.8) is 0 Å². The van der Waals surface area contributed by atoms with E-state index >= 15 is 4.79 Å². The highest BCUT2D eigenvalue weighted by Gasteiger charge is 2.54. The van der Waals surface area contributed by atoms with Gasteiger partial charge in [-0.15, -0.1) is 0 Å². The number of hydrogen-bond donors (Lipinski definition) is 2. The summed E-state index contributed by atoms with van der Waals surface area (Å²) in [5.41, 5.74) is 14.3. The molecule has 4 unspecified atom stereocenters. The molecular formula is C70H116N8O7. The first-order valence-electron chi connectivity index (χ1n) is 34.0. The predicted octanol–water partition coefficient (Wildman–Crippen LogP) is 10.2. The zero-order chi connectivity index (χ0) is 60.6. The number of rotatable bonds is 30. The molecule has 0 bridgehead atoms. The molecule has 2 N–H and O–H groups in total. The number of amides is 1. The van der Waals surface area contributed by atoms with Crippen molar-refractivity contribution in [3.05, 3.63) is 57.8 Å². The van der Waals surface area contributed by atoms with Crippen molar-refractivity contribution >= 4 is 23.1 Å². The first kappa shape index (κ1) is 66.0. The largest absolute Gasteiger partial charge is 0.465 e. The molecule has 8 aliphatic rings.